The summed E-state index contributed by atoms with van der Waals surface area (Å²) in [7, 11) is 0. The Balaban J connectivity index is 1.65. The molecule has 0 unspecified atom stereocenters. The van der Waals surface area contributed by atoms with Crippen LogP contribution in [0.3, 0.4) is 0 Å². The Morgan fingerprint density at radius 1 is 1.03 bits per heavy atom. The first-order valence-corrected chi connectivity index (χ1v) is 9.82. The first-order valence-electron chi connectivity index (χ1n) is 9.82. The third-order valence-electron chi connectivity index (χ3n) is 5.24. The zero-order valence-electron chi connectivity index (χ0n) is 17.1. The quantitative estimate of drug-likeness (QED) is 0.529. The third-order valence-corrected chi connectivity index (χ3v) is 5.24. The van der Waals surface area contributed by atoms with E-state index < -0.39 is 11.5 Å². The highest BCUT2D eigenvalue weighted by atomic mass is 16.3. The van der Waals surface area contributed by atoms with Crippen LogP contribution in [0.5, 0.6) is 0 Å². The summed E-state index contributed by atoms with van der Waals surface area (Å²) >= 11 is 0. The Morgan fingerprint density at radius 3 is 2.47 bits per heavy atom. The van der Waals surface area contributed by atoms with Gasteiger partial charge in [0.1, 0.15) is 0 Å². The zero-order chi connectivity index (χ0) is 21.6. The molecule has 2 atom stereocenters. The Labute approximate surface area is 175 Å². The number of carbonyl (C=O) groups is 2. The minimum absolute atomic E-state index is 0.193. The molecule has 2 amide bonds. The molecule has 0 aliphatic heterocycles. The van der Waals surface area contributed by atoms with E-state index in [1.807, 2.05) is 37.3 Å². The number of hydrogen-bond donors (Lipinski definition) is 3. The van der Waals surface area contributed by atoms with E-state index in [9.17, 15) is 14.7 Å². The Kier molecular flexibility index (Phi) is 6.69. The number of hydrogen-bond acceptors (Lipinski definition) is 4. The van der Waals surface area contributed by atoms with Gasteiger partial charge in [-0.2, -0.15) is 0 Å². The molecule has 30 heavy (non-hydrogen) atoms. The summed E-state index contributed by atoms with van der Waals surface area (Å²) in [6.07, 6.45) is 1.44. The number of aliphatic hydroxyl groups excluding tert-OH is 1. The highest BCUT2D eigenvalue weighted by Gasteiger charge is 2.31. The van der Waals surface area contributed by atoms with Gasteiger partial charge in [0.25, 0.3) is 11.8 Å². The Morgan fingerprint density at radius 2 is 1.80 bits per heavy atom. The van der Waals surface area contributed by atoms with Crippen LogP contribution < -0.4 is 10.6 Å². The third kappa shape index (κ3) is 5.36. The van der Waals surface area contributed by atoms with Gasteiger partial charge in [-0.25, -0.2) is 0 Å². The summed E-state index contributed by atoms with van der Waals surface area (Å²) in [6.45, 7) is 3.99. The van der Waals surface area contributed by atoms with Crippen molar-refractivity contribution in [1.82, 2.24) is 5.32 Å². The minimum Gasteiger partial charge on any atom is -0.459 e. The molecule has 6 nitrogen and oxygen atoms in total. The van der Waals surface area contributed by atoms with Crippen LogP contribution in [-0.4, -0.2) is 29.6 Å². The Bertz CT molecular complexity index is 983. The predicted molar refractivity (Wildman–Crippen MR) is 115 cm³/mol. The zero-order valence-corrected chi connectivity index (χ0v) is 17.1. The fourth-order valence-electron chi connectivity index (χ4n) is 3.14. The van der Waals surface area contributed by atoms with E-state index in [4.69, 9.17) is 4.42 Å². The van der Waals surface area contributed by atoms with Gasteiger partial charge < -0.3 is 20.2 Å². The van der Waals surface area contributed by atoms with Gasteiger partial charge in [-0.15, -0.1) is 0 Å². The standard InChI is InChI=1S/C24H26N2O4/c1-17(27)24(2,15-18-8-4-3-5-9-18)16-25-22(28)19-10-6-11-20(14-19)26-23(29)21-12-7-13-30-21/h3-14,17,27H,15-16H2,1-2H3,(H,25,28)(H,26,29)/t17-,24-/m0/s1. The van der Waals surface area contributed by atoms with Gasteiger partial charge in [0.05, 0.1) is 12.4 Å². The lowest BCUT2D eigenvalue weighted by molar-refractivity contribution is 0.0500. The van der Waals surface area contributed by atoms with Crippen LogP contribution in [-0.2, 0) is 6.42 Å². The lowest BCUT2D eigenvalue weighted by Gasteiger charge is -2.33. The van der Waals surface area contributed by atoms with Crippen molar-refractivity contribution < 1.29 is 19.1 Å². The number of amides is 2. The van der Waals surface area contributed by atoms with E-state index >= 15 is 0 Å². The van der Waals surface area contributed by atoms with Crippen molar-refractivity contribution in [3.63, 3.8) is 0 Å². The second kappa shape index (κ2) is 9.41. The molecule has 3 N–H and O–H groups in total. The summed E-state index contributed by atoms with van der Waals surface area (Å²) in [4.78, 5) is 24.8. The summed E-state index contributed by atoms with van der Waals surface area (Å²) in [5.74, 6) is -0.468. The van der Waals surface area contributed by atoms with Crippen LogP contribution in [0.25, 0.3) is 0 Å². The molecule has 0 aliphatic rings. The minimum atomic E-state index is -0.614. The van der Waals surface area contributed by atoms with Crippen LogP contribution in [0, 0.1) is 5.41 Å². The van der Waals surface area contributed by atoms with Crippen molar-refractivity contribution >= 4 is 17.5 Å². The summed E-state index contributed by atoms with van der Waals surface area (Å²) in [5, 5.41) is 16.0. The maximum absolute atomic E-state index is 12.7. The highest BCUT2D eigenvalue weighted by molar-refractivity contribution is 6.03. The monoisotopic (exact) mass is 406 g/mol. The first-order chi connectivity index (χ1) is 14.4. The molecule has 3 aromatic rings. The van der Waals surface area contributed by atoms with Gasteiger partial charge >= 0.3 is 0 Å². The number of furan rings is 1. The van der Waals surface area contributed by atoms with E-state index in [0.717, 1.165) is 5.56 Å². The molecule has 156 valence electrons. The van der Waals surface area contributed by atoms with Crippen molar-refractivity contribution in [2.45, 2.75) is 26.4 Å². The van der Waals surface area contributed by atoms with Crippen molar-refractivity contribution in [2.24, 2.45) is 5.41 Å². The predicted octanol–water partition coefficient (Wildman–Crippen LogP) is 3.89. The maximum Gasteiger partial charge on any atom is 0.291 e. The van der Waals surface area contributed by atoms with Crippen LogP contribution in [0.1, 0.15) is 40.3 Å². The molecule has 0 saturated heterocycles. The summed E-state index contributed by atoms with van der Waals surface area (Å²) in [6, 6.07) is 19.8. The fraction of sp³-hybridized carbons (Fsp3) is 0.250. The van der Waals surface area contributed by atoms with Gasteiger partial charge in [0.15, 0.2) is 5.76 Å². The topological polar surface area (TPSA) is 91.6 Å². The molecule has 6 heteroatoms. The second-order valence-corrected chi connectivity index (χ2v) is 7.69. The van der Waals surface area contributed by atoms with Gasteiger partial charge in [0.2, 0.25) is 0 Å². The van der Waals surface area contributed by atoms with Crippen molar-refractivity contribution in [3.8, 4) is 0 Å². The SMILES string of the molecule is C[C@H](O)[C@](C)(CNC(=O)c1cccc(NC(=O)c2ccco2)c1)Cc1ccccc1. The average molecular weight is 406 g/mol. The number of aliphatic hydroxyl groups is 1. The number of benzene rings is 2. The second-order valence-electron chi connectivity index (χ2n) is 7.69. The molecule has 0 aliphatic carbocycles. The normalized spacial score (nSPS) is 13.8. The number of rotatable bonds is 8. The average Bonchev–Trinajstić information content (AvgIpc) is 3.28. The van der Waals surface area contributed by atoms with Crippen molar-refractivity contribution in [1.29, 1.82) is 0 Å². The van der Waals surface area contributed by atoms with Gasteiger partial charge in [0, 0.05) is 23.2 Å². The smallest absolute Gasteiger partial charge is 0.291 e. The molecule has 0 radical (unpaired) electrons. The Hall–Kier alpha value is -3.38. The van der Waals surface area contributed by atoms with Crippen LogP contribution in [0.2, 0.25) is 0 Å². The molecular formula is C24H26N2O4. The maximum atomic E-state index is 12.7. The molecule has 0 bridgehead atoms. The lowest BCUT2D eigenvalue weighted by atomic mass is 9.79. The molecule has 1 aromatic heterocycles. The molecular weight excluding hydrogens is 380 g/mol. The molecule has 0 saturated carbocycles. The van der Waals surface area contributed by atoms with Crippen LogP contribution >= 0.6 is 0 Å². The van der Waals surface area contributed by atoms with Gasteiger partial charge in [-0.1, -0.05) is 43.3 Å². The van der Waals surface area contributed by atoms with E-state index in [2.05, 4.69) is 10.6 Å². The first kappa shape index (κ1) is 21.3. The van der Waals surface area contributed by atoms with Crippen LogP contribution in [0.4, 0.5) is 5.69 Å². The lowest BCUT2D eigenvalue weighted by Crippen LogP contribution is -2.43. The van der Waals surface area contributed by atoms with E-state index in [-0.39, 0.29) is 17.6 Å². The molecule has 3 rings (SSSR count). The van der Waals surface area contributed by atoms with Gasteiger partial charge in [-0.3, -0.25) is 9.59 Å². The fourth-order valence-corrected chi connectivity index (χ4v) is 3.14. The highest BCUT2D eigenvalue weighted by Crippen LogP contribution is 2.26. The van der Waals surface area contributed by atoms with E-state index in [0.29, 0.717) is 24.2 Å². The number of anilines is 1. The van der Waals surface area contributed by atoms with E-state index in [1.54, 1.807) is 43.3 Å². The largest absolute Gasteiger partial charge is 0.459 e. The molecule has 0 spiro atoms. The number of nitrogens with one attached hydrogen (secondary N) is 2. The molecule has 2 aromatic carbocycles. The van der Waals surface area contributed by atoms with Crippen LogP contribution in [0.15, 0.2) is 77.4 Å². The summed E-state index contributed by atoms with van der Waals surface area (Å²) in [5.41, 5.74) is 1.48. The van der Waals surface area contributed by atoms with Gasteiger partial charge in [-0.05, 0) is 49.2 Å². The molecule has 0 fully saturated rings. The van der Waals surface area contributed by atoms with E-state index in [1.165, 1.54) is 6.26 Å². The number of carbonyl (C=O) groups excluding carboxylic acids is 2. The molecule has 1 heterocycles. The van der Waals surface area contributed by atoms with Crippen molar-refractivity contribution in [3.05, 3.63) is 89.9 Å². The van der Waals surface area contributed by atoms with Crippen molar-refractivity contribution in [2.75, 3.05) is 11.9 Å². The summed E-state index contributed by atoms with van der Waals surface area (Å²) < 4.78 is 5.08.